The maximum atomic E-state index is 9.74. The van der Waals surface area contributed by atoms with Crippen LogP contribution in [0.2, 0.25) is 0 Å². The second-order valence-electron chi connectivity index (χ2n) is 6.37. The van der Waals surface area contributed by atoms with Crippen LogP contribution in [0, 0.1) is 26.2 Å². The number of hydrogen-bond donors (Lipinski definition) is 2. The van der Waals surface area contributed by atoms with Crippen LogP contribution in [-0.4, -0.2) is 17.3 Å². The van der Waals surface area contributed by atoms with Gasteiger partial charge in [-0.25, -0.2) is 0 Å². The first-order valence-electron chi connectivity index (χ1n) is 6.80. The molecule has 0 heterocycles. The Morgan fingerprint density at radius 3 is 2.33 bits per heavy atom. The zero-order valence-corrected chi connectivity index (χ0v) is 12.2. The molecule has 0 aromatic heterocycles. The number of aryl methyl sites for hydroxylation is 3. The summed E-state index contributed by atoms with van der Waals surface area (Å²) in [7, 11) is 0. The Kier molecular flexibility index (Phi) is 3.52. The van der Waals surface area contributed by atoms with E-state index in [1.807, 2.05) is 0 Å². The maximum Gasteiger partial charge on any atom is 0.0621 e. The predicted octanol–water partition coefficient (Wildman–Crippen LogP) is 2.86. The monoisotopic (exact) mass is 247 g/mol. The maximum absolute atomic E-state index is 9.74. The Labute approximate surface area is 110 Å². The number of aliphatic hydroxyl groups excluding tert-OH is 1. The van der Waals surface area contributed by atoms with Crippen LogP contribution >= 0.6 is 0 Å². The van der Waals surface area contributed by atoms with E-state index in [2.05, 4.69) is 52.1 Å². The third-order valence-electron chi connectivity index (χ3n) is 4.71. The standard InChI is InChI=1S/C16H25NO/c1-10-6-12(3)13(7-11(10)2)9-17-14-8-15(18)16(14,4)5/h6-7,14-15,17-18H,8-9H2,1-5H3. The van der Waals surface area contributed by atoms with Crippen molar-refractivity contribution in [2.24, 2.45) is 5.41 Å². The Morgan fingerprint density at radius 1 is 1.17 bits per heavy atom. The van der Waals surface area contributed by atoms with Crippen molar-refractivity contribution < 1.29 is 5.11 Å². The summed E-state index contributed by atoms with van der Waals surface area (Å²) in [6.45, 7) is 11.6. The van der Waals surface area contributed by atoms with Crippen LogP contribution < -0.4 is 5.32 Å². The average molecular weight is 247 g/mol. The van der Waals surface area contributed by atoms with Gasteiger partial charge in [-0.1, -0.05) is 26.0 Å². The zero-order valence-electron chi connectivity index (χ0n) is 12.2. The van der Waals surface area contributed by atoms with Crippen LogP contribution in [0.5, 0.6) is 0 Å². The Bertz CT molecular complexity index is 451. The highest BCUT2D eigenvalue weighted by atomic mass is 16.3. The number of rotatable bonds is 3. The van der Waals surface area contributed by atoms with Crippen molar-refractivity contribution in [1.82, 2.24) is 5.32 Å². The van der Waals surface area contributed by atoms with E-state index in [0.29, 0.717) is 6.04 Å². The van der Waals surface area contributed by atoms with E-state index in [-0.39, 0.29) is 11.5 Å². The minimum atomic E-state index is -0.157. The minimum Gasteiger partial charge on any atom is -0.392 e. The fourth-order valence-electron chi connectivity index (χ4n) is 2.69. The summed E-state index contributed by atoms with van der Waals surface area (Å²) in [6.07, 6.45) is 0.715. The van der Waals surface area contributed by atoms with E-state index in [0.717, 1.165) is 13.0 Å². The lowest BCUT2D eigenvalue weighted by Gasteiger charge is -2.49. The SMILES string of the molecule is Cc1cc(C)c(CNC2CC(O)C2(C)C)cc1C. The van der Waals surface area contributed by atoms with Crippen LogP contribution in [0.15, 0.2) is 12.1 Å². The van der Waals surface area contributed by atoms with Crippen molar-refractivity contribution in [3.05, 3.63) is 34.4 Å². The molecule has 2 N–H and O–H groups in total. The summed E-state index contributed by atoms with van der Waals surface area (Å²) in [5.41, 5.74) is 5.44. The van der Waals surface area contributed by atoms with Crippen LogP contribution in [0.25, 0.3) is 0 Å². The van der Waals surface area contributed by atoms with E-state index < -0.39 is 0 Å². The molecule has 18 heavy (non-hydrogen) atoms. The quantitative estimate of drug-likeness (QED) is 0.861. The third kappa shape index (κ3) is 2.32. The van der Waals surface area contributed by atoms with Crippen molar-refractivity contribution in [1.29, 1.82) is 0 Å². The summed E-state index contributed by atoms with van der Waals surface area (Å²) in [4.78, 5) is 0. The molecule has 1 fully saturated rings. The summed E-state index contributed by atoms with van der Waals surface area (Å²) < 4.78 is 0. The van der Waals surface area contributed by atoms with Gasteiger partial charge < -0.3 is 10.4 Å². The molecule has 1 saturated carbocycles. The van der Waals surface area contributed by atoms with E-state index in [4.69, 9.17) is 0 Å². The lowest BCUT2D eigenvalue weighted by Crippen LogP contribution is -2.59. The fourth-order valence-corrected chi connectivity index (χ4v) is 2.69. The molecular weight excluding hydrogens is 222 g/mol. The molecule has 2 rings (SSSR count). The summed E-state index contributed by atoms with van der Waals surface area (Å²) >= 11 is 0. The van der Waals surface area contributed by atoms with Gasteiger partial charge in [0.25, 0.3) is 0 Å². The normalized spacial score (nSPS) is 25.9. The highest BCUT2D eigenvalue weighted by Gasteiger charge is 2.46. The highest BCUT2D eigenvalue weighted by molar-refractivity contribution is 5.36. The van der Waals surface area contributed by atoms with Crippen molar-refractivity contribution in [2.75, 3.05) is 0 Å². The van der Waals surface area contributed by atoms with Gasteiger partial charge in [0.1, 0.15) is 0 Å². The average Bonchev–Trinajstić information content (AvgIpc) is 2.30. The largest absolute Gasteiger partial charge is 0.392 e. The van der Waals surface area contributed by atoms with E-state index in [9.17, 15) is 5.11 Å². The first-order valence-corrected chi connectivity index (χ1v) is 6.80. The smallest absolute Gasteiger partial charge is 0.0621 e. The van der Waals surface area contributed by atoms with Gasteiger partial charge in [0.15, 0.2) is 0 Å². The topological polar surface area (TPSA) is 32.3 Å². The molecule has 0 bridgehead atoms. The molecule has 1 aromatic rings. The second-order valence-corrected chi connectivity index (χ2v) is 6.37. The number of nitrogens with one attached hydrogen (secondary N) is 1. The Morgan fingerprint density at radius 2 is 1.78 bits per heavy atom. The van der Waals surface area contributed by atoms with Crippen molar-refractivity contribution >= 4 is 0 Å². The van der Waals surface area contributed by atoms with Crippen LogP contribution in [0.4, 0.5) is 0 Å². The van der Waals surface area contributed by atoms with Crippen molar-refractivity contribution in [3.63, 3.8) is 0 Å². The molecule has 2 nitrogen and oxygen atoms in total. The minimum absolute atomic E-state index is 0.00759. The van der Waals surface area contributed by atoms with Gasteiger partial charge in [0.05, 0.1) is 6.10 Å². The summed E-state index contributed by atoms with van der Waals surface area (Å²) in [5, 5.41) is 13.3. The van der Waals surface area contributed by atoms with E-state index >= 15 is 0 Å². The number of aliphatic hydroxyl groups is 1. The first kappa shape index (κ1) is 13.6. The Hall–Kier alpha value is -0.860. The third-order valence-corrected chi connectivity index (χ3v) is 4.71. The lowest BCUT2D eigenvalue weighted by atomic mass is 9.64. The number of hydrogen-bond acceptors (Lipinski definition) is 2. The fraction of sp³-hybridized carbons (Fsp3) is 0.625. The van der Waals surface area contributed by atoms with Gasteiger partial charge in [0.2, 0.25) is 0 Å². The zero-order chi connectivity index (χ0) is 13.5. The van der Waals surface area contributed by atoms with E-state index in [1.165, 1.54) is 22.3 Å². The van der Waals surface area contributed by atoms with Crippen molar-refractivity contribution in [3.8, 4) is 0 Å². The molecule has 0 aliphatic heterocycles. The molecular formula is C16H25NO. The Balaban J connectivity index is 2.01. The van der Waals surface area contributed by atoms with Gasteiger partial charge in [-0.3, -0.25) is 0 Å². The number of benzene rings is 1. The first-order chi connectivity index (χ1) is 8.32. The molecule has 0 saturated heterocycles. The van der Waals surface area contributed by atoms with Gasteiger partial charge >= 0.3 is 0 Å². The second kappa shape index (κ2) is 4.67. The van der Waals surface area contributed by atoms with Crippen LogP contribution in [0.3, 0.4) is 0 Å². The molecule has 1 aliphatic carbocycles. The van der Waals surface area contributed by atoms with Gasteiger partial charge in [-0.2, -0.15) is 0 Å². The summed E-state index contributed by atoms with van der Waals surface area (Å²) in [5.74, 6) is 0. The molecule has 2 atom stereocenters. The molecule has 0 spiro atoms. The highest BCUT2D eigenvalue weighted by Crippen LogP contribution is 2.40. The van der Waals surface area contributed by atoms with Gasteiger partial charge in [-0.15, -0.1) is 0 Å². The van der Waals surface area contributed by atoms with Crippen LogP contribution in [-0.2, 0) is 6.54 Å². The molecule has 2 heteroatoms. The lowest BCUT2D eigenvalue weighted by molar-refractivity contribution is -0.0730. The molecule has 1 aromatic carbocycles. The summed E-state index contributed by atoms with van der Waals surface area (Å²) in [6, 6.07) is 4.96. The molecule has 0 radical (unpaired) electrons. The molecule has 0 amide bonds. The van der Waals surface area contributed by atoms with Gasteiger partial charge in [-0.05, 0) is 49.4 Å². The molecule has 1 aliphatic rings. The molecule has 100 valence electrons. The van der Waals surface area contributed by atoms with E-state index in [1.54, 1.807) is 0 Å². The van der Waals surface area contributed by atoms with Crippen molar-refractivity contribution in [2.45, 2.75) is 59.7 Å². The van der Waals surface area contributed by atoms with Crippen LogP contribution in [0.1, 0.15) is 42.5 Å². The molecule has 2 unspecified atom stereocenters. The van der Waals surface area contributed by atoms with Gasteiger partial charge in [0, 0.05) is 18.0 Å². The predicted molar refractivity (Wildman–Crippen MR) is 75.7 cm³/mol.